The summed E-state index contributed by atoms with van der Waals surface area (Å²) < 4.78 is 5.71. The Labute approximate surface area is 83.0 Å². The van der Waals surface area contributed by atoms with Crippen molar-refractivity contribution >= 4 is 8.32 Å². The Morgan fingerprint density at radius 3 is 2.31 bits per heavy atom. The van der Waals surface area contributed by atoms with Crippen molar-refractivity contribution in [1.29, 1.82) is 5.26 Å². The van der Waals surface area contributed by atoms with Crippen molar-refractivity contribution in [2.45, 2.75) is 58.4 Å². The lowest BCUT2D eigenvalue weighted by atomic mass is 10.1. The zero-order chi connectivity index (χ0) is 10.3. The van der Waals surface area contributed by atoms with E-state index in [2.05, 4.69) is 32.6 Å². The molecule has 2 nitrogen and oxygen atoms in total. The maximum atomic E-state index is 8.84. The van der Waals surface area contributed by atoms with E-state index < -0.39 is 8.32 Å². The second-order valence-corrected chi connectivity index (χ2v) is 8.80. The third-order valence-electron chi connectivity index (χ3n) is 1.71. The molecule has 76 valence electrons. The SMILES string of the molecule is CCCCC[C@H](C#N)O[Si](C)(C)C. The summed E-state index contributed by atoms with van der Waals surface area (Å²) in [5.41, 5.74) is 0. The normalized spacial score (nSPS) is 13.8. The summed E-state index contributed by atoms with van der Waals surface area (Å²) in [5, 5.41) is 8.84. The van der Waals surface area contributed by atoms with Gasteiger partial charge in [0, 0.05) is 0 Å². The van der Waals surface area contributed by atoms with Crippen LogP contribution in [0.3, 0.4) is 0 Å². The van der Waals surface area contributed by atoms with E-state index in [1.807, 2.05) is 0 Å². The molecule has 0 aromatic rings. The van der Waals surface area contributed by atoms with Crippen molar-refractivity contribution in [2.24, 2.45) is 0 Å². The van der Waals surface area contributed by atoms with Gasteiger partial charge < -0.3 is 4.43 Å². The second kappa shape index (κ2) is 6.17. The molecule has 0 aromatic heterocycles. The first kappa shape index (κ1) is 12.7. The molecule has 3 heteroatoms. The molecule has 0 unspecified atom stereocenters. The monoisotopic (exact) mass is 199 g/mol. The van der Waals surface area contributed by atoms with Crippen LogP contribution in [0.4, 0.5) is 0 Å². The summed E-state index contributed by atoms with van der Waals surface area (Å²) in [5.74, 6) is 0. The lowest BCUT2D eigenvalue weighted by Crippen LogP contribution is -2.31. The van der Waals surface area contributed by atoms with Gasteiger partial charge in [-0.1, -0.05) is 19.8 Å². The van der Waals surface area contributed by atoms with Gasteiger partial charge in [-0.15, -0.1) is 0 Å². The minimum absolute atomic E-state index is 0.168. The Balaban J connectivity index is 3.72. The number of rotatable bonds is 6. The van der Waals surface area contributed by atoms with Gasteiger partial charge in [-0.2, -0.15) is 5.26 Å². The molecule has 1 atom stereocenters. The molecule has 0 heterocycles. The first-order valence-electron chi connectivity index (χ1n) is 5.07. The van der Waals surface area contributed by atoms with Crippen molar-refractivity contribution in [3.05, 3.63) is 0 Å². The highest BCUT2D eigenvalue weighted by Gasteiger charge is 2.20. The molecule has 0 fully saturated rings. The topological polar surface area (TPSA) is 33.0 Å². The van der Waals surface area contributed by atoms with Gasteiger partial charge in [0.2, 0.25) is 0 Å². The standard InChI is InChI=1S/C10H21NOSi/c1-5-6-7-8-10(9-11)12-13(2,3)4/h10H,5-8H2,1-4H3/t10-/m1/s1. The molecule has 0 saturated carbocycles. The van der Waals surface area contributed by atoms with Crippen LogP contribution in [0, 0.1) is 11.3 Å². The Kier molecular flexibility index (Phi) is 6.01. The third kappa shape index (κ3) is 8.01. The minimum Gasteiger partial charge on any atom is -0.402 e. The number of unbranched alkanes of at least 4 members (excludes halogenated alkanes) is 2. The van der Waals surface area contributed by atoms with Crippen LogP contribution in [-0.4, -0.2) is 14.4 Å². The maximum Gasteiger partial charge on any atom is 0.185 e. The van der Waals surface area contributed by atoms with Crippen LogP contribution in [0.5, 0.6) is 0 Å². The first-order chi connectivity index (χ1) is 5.99. The molecular weight excluding hydrogens is 178 g/mol. The molecule has 13 heavy (non-hydrogen) atoms. The Bertz CT molecular complexity index is 169. The number of nitrogens with zero attached hydrogens (tertiary/aromatic N) is 1. The van der Waals surface area contributed by atoms with E-state index in [0.29, 0.717) is 0 Å². The fourth-order valence-corrected chi connectivity index (χ4v) is 2.18. The van der Waals surface area contributed by atoms with Gasteiger partial charge in [-0.05, 0) is 32.5 Å². The predicted molar refractivity (Wildman–Crippen MR) is 58.0 cm³/mol. The molecule has 0 rings (SSSR count). The zero-order valence-corrected chi connectivity index (χ0v) is 10.3. The quantitative estimate of drug-likeness (QED) is 0.485. The largest absolute Gasteiger partial charge is 0.402 e. The van der Waals surface area contributed by atoms with Crippen LogP contribution in [-0.2, 0) is 4.43 Å². The van der Waals surface area contributed by atoms with Crippen molar-refractivity contribution in [2.75, 3.05) is 0 Å². The minimum atomic E-state index is -1.52. The highest BCUT2D eigenvalue weighted by Crippen LogP contribution is 2.12. The highest BCUT2D eigenvalue weighted by atomic mass is 28.4. The number of nitriles is 1. The van der Waals surface area contributed by atoms with E-state index >= 15 is 0 Å². The van der Waals surface area contributed by atoms with Gasteiger partial charge >= 0.3 is 0 Å². The number of hydrogen-bond donors (Lipinski definition) is 0. The van der Waals surface area contributed by atoms with Crippen molar-refractivity contribution in [1.82, 2.24) is 0 Å². The summed E-state index contributed by atoms with van der Waals surface area (Å²) in [4.78, 5) is 0. The van der Waals surface area contributed by atoms with Gasteiger partial charge in [-0.3, -0.25) is 0 Å². The van der Waals surface area contributed by atoms with Crippen molar-refractivity contribution in [3.8, 4) is 6.07 Å². The molecular formula is C10H21NOSi. The van der Waals surface area contributed by atoms with Crippen LogP contribution in [0.25, 0.3) is 0 Å². The molecule has 0 spiro atoms. The average Bonchev–Trinajstić information content (AvgIpc) is 2.01. The van der Waals surface area contributed by atoms with Crippen LogP contribution in [0.15, 0.2) is 0 Å². The summed E-state index contributed by atoms with van der Waals surface area (Å²) >= 11 is 0. The van der Waals surface area contributed by atoms with Crippen LogP contribution >= 0.6 is 0 Å². The lowest BCUT2D eigenvalue weighted by molar-refractivity contribution is 0.233. The fraction of sp³-hybridized carbons (Fsp3) is 0.900. The smallest absolute Gasteiger partial charge is 0.185 e. The number of hydrogen-bond acceptors (Lipinski definition) is 2. The molecule has 0 aromatic carbocycles. The molecule has 0 bridgehead atoms. The van der Waals surface area contributed by atoms with Crippen molar-refractivity contribution in [3.63, 3.8) is 0 Å². The molecule has 0 aliphatic rings. The molecule has 0 radical (unpaired) electrons. The van der Waals surface area contributed by atoms with Crippen LogP contribution in [0.2, 0.25) is 19.6 Å². The molecule has 0 amide bonds. The second-order valence-electron chi connectivity index (χ2n) is 4.34. The summed E-state index contributed by atoms with van der Waals surface area (Å²) in [6.07, 6.45) is 4.24. The lowest BCUT2D eigenvalue weighted by Gasteiger charge is -2.21. The van der Waals surface area contributed by atoms with Gasteiger partial charge in [0.05, 0.1) is 6.07 Å². The molecule has 0 saturated heterocycles. The molecule has 0 N–H and O–H groups in total. The Hall–Kier alpha value is -0.333. The van der Waals surface area contributed by atoms with E-state index in [-0.39, 0.29) is 6.10 Å². The maximum absolute atomic E-state index is 8.84. The van der Waals surface area contributed by atoms with Crippen molar-refractivity contribution < 1.29 is 4.43 Å². The van der Waals surface area contributed by atoms with Crippen LogP contribution < -0.4 is 0 Å². The van der Waals surface area contributed by atoms with E-state index in [1.54, 1.807) is 0 Å². The predicted octanol–water partition coefficient (Wildman–Crippen LogP) is 3.31. The molecule has 0 aliphatic heterocycles. The van der Waals surface area contributed by atoms with E-state index in [1.165, 1.54) is 12.8 Å². The Morgan fingerprint density at radius 2 is 1.92 bits per heavy atom. The van der Waals surface area contributed by atoms with Gasteiger partial charge in [0.25, 0.3) is 0 Å². The highest BCUT2D eigenvalue weighted by molar-refractivity contribution is 6.69. The molecule has 0 aliphatic carbocycles. The first-order valence-corrected chi connectivity index (χ1v) is 8.48. The van der Waals surface area contributed by atoms with Gasteiger partial charge in [0.15, 0.2) is 8.32 Å². The average molecular weight is 199 g/mol. The van der Waals surface area contributed by atoms with Gasteiger partial charge in [0.1, 0.15) is 6.10 Å². The van der Waals surface area contributed by atoms with Crippen LogP contribution in [0.1, 0.15) is 32.6 Å². The van der Waals surface area contributed by atoms with E-state index in [4.69, 9.17) is 9.69 Å². The Morgan fingerprint density at radius 1 is 1.31 bits per heavy atom. The van der Waals surface area contributed by atoms with Gasteiger partial charge in [-0.25, -0.2) is 0 Å². The third-order valence-corrected chi connectivity index (χ3v) is 2.70. The summed E-state index contributed by atoms with van der Waals surface area (Å²) in [6, 6.07) is 2.23. The summed E-state index contributed by atoms with van der Waals surface area (Å²) in [7, 11) is -1.52. The fourth-order valence-electron chi connectivity index (χ4n) is 1.16. The van der Waals surface area contributed by atoms with E-state index in [9.17, 15) is 0 Å². The van der Waals surface area contributed by atoms with E-state index in [0.717, 1.165) is 12.8 Å². The summed E-state index contributed by atoms with van der Waals surface area (Å²) in [6.45, 7) is 8.53. The zero-order valence-electron chi connectivity index (χ0n) is 9.26.